The van der Waals surface area contributed by atoms with Crippen molar-refractivity contribution in [3.8, 4) is 17.0 Å². The van der Waals surface area contributed by atoms with E-state index >= 15 is 0 Å². The summed E-state index contributed by atoms with van der Waals surface area (Å²) in [7, 11) is 0. The zero-order valence-corrected chi connectivity index (χ0v) is 16.8. The number of hydrogen-bond donors (Lipinski definition) is 2. The molecule has 140 valence electrons. The maximum absolute atomic E-state index is 12.1. The second kappa shape index (κ2) is 9.08. The minimum Gasteiger partial charge on any atom is -0.494 e. The number of aromatic nitrogens is 1. The standard InChI is InChI=1S/C19H17Cl2N3O2S/c1-2-9-26-14-6-3-12(4-7-14)17-11-27-19(23-17)24-18(25)22-13-5-8-15(20)16(21)10-13/h3-8,10-11H,2,9H2,1H3,(H2,22,23,24,25). The van der Waals surface area contributed by atoms with Gasteiger partial charge < -0.3 is 10.1 Å². The van der Waals surface area contributed by atoms with Gasteiger partial charge >= 0.3 is 6.03 Å². The van der Waals surface area contributed by atoms with Crippen molar-refractivity contribution in [2.75, 3.05) is 17.2 Å². The first kappa shape index (κ1) is 19.5. The van der Waals surface area contributed by atoms with Gasteiger partial charge in [-0.2, -0.15) is 0 Å². The van der Waals surface area contributed by atoms with Crippen molar-refractivity contribution in [3.63, 3.8) is 0 Å². The van der Waals surface area contributed by atoms with Crippen LogP contribution in [-0.2, 0) is 0 Å². The molecule has 0 unspecified atom stereocenters. The average Bonchev–Trinajstić information content (AvgIpc) is 3.11. The molecule has 27 heavy (non-hydrogen) atoms. The van der Waals surface area contributed by atoms with Crippen molar-refractivity contribution in [1.29, 1.82) is 0 Å². The van der Waals surface area contributed by atoms with Crippen LogP contribution in [0.4, 0.5) is 15.6 Å². The number of amides is 2. The number of carbonyl (C=O) groups is 1. The Morgan fingerprint density at radius 2 is 1.89 bits per heavy atom. The van der Waals surface area contributed by atoms with Gasteiger partial charge in [-0.25, -0.2) is 9.78 Å². The summed E-state index contributed by atoms with van der Waals surface area (Å²) >= 11 is 13.2. The van der Waals surface area contributed by atoms with Crippen LogP contribution in [0.2, 0.25) is 10.0 Å². The number of anilines is 2. The molecule has 0 spiro atoms. The first-order chi connectivity index (χ1) is 13.0. The van der Waals surface area contributed by atoms with Crippen molar-refractivity contribution in [3.05, 3.63) is 57.9 Å². The molecule has 3 rings (SSSR count). The number of rotatable bonds is 6. The Bertz CT molecular complexity index is 929. The second-order valence-electron chi connectivity index (χ2n) is 5.62. The van der Waals surface area contributed by atoms with Gasteiger partial charge in [0, 0.05) is 16.6 Å². The molecule has 0 fully saturated rings. The number of halogens is 2. The van der Waals surface area contributed by atoms with E-state index in [0.717, 1.165) is 23.4 Å². The van der Waals surface area contributed by atoms with E-state index in [1.165, 1.54) is 11.3 Å². The first-order valence-corrected chi connectivity index (χ1v) is 9.90. The molecular weight excluding hydrogens is 405 g/mol. The normalized spacial score (nSPS) is 10.5. The summed E-state index contributed by atoms with van der Waals surface area (Å²) in [5, 5.41) is 8.58. The number of ether oxygens (including phenoxy) is 1. The van der Waals surface area contributed by atoms with Gasteiger partial charge in [0.25, 0.3) is 0 Å². The smallest absolute Gasteiger partial charge is 0.325 e. The van der Waals surface area contributed by atoms with Gasteiger partial charge in [0.2, 0.25) is 0 Å². The van der Waals surface area contributed by atoms with Crippen LogP contribution in [0.5, 0.6) is 5.75 Å². The van der Waals surface area contributed by atoms with Crippen LogP contribution in [0, 0.1) is 0 Å². The monoisotopic (exact) mass is 421 g/mol. The molecule has 0 aliphatic heterocycles. The van der Waals surface area contributed by atoms with Crippen molar-refractivity contribution in [1.82, 2.24) is 4.98 Å². The molecule has 3 aromatic rings. The van der Waals surface area contributed by atoms with E-state index in [1.807, 2.05) is 29.6 Å². The molecule has 0 aliphatic rings. The number of nitrogens with zero attached hydrogens (tertiary/aromatic N) is 1. The zero-order valence-electron chi connectivity index (χ0n) is 14.5. The lowest BCUT2D eigenvalue weighted by Crippen LogP contribution is -2.19. The number of urea groups is 1. The molecule has 0 atom stereocenters. The third-order valence-electron chi connectivity index (χ3n) is 3.53. The summed E-state index contributed by atoms with van der Waals surface area (Å²) in [5.74, 6) is 0.829. The van der Waals surface area contributed by atoms with Gasteiger partial charge in [-0.15, -0.1) is 11.3 Å². The van der Waals surface area contributed by atoms with Crippen LogP contribution in [0.15, 0.2) is 47.8 Å². The van der Waals surface area contributed by atoms with Gasteiger partial charge in [-0.1, -0.05) is 30.1 Å². The number of nitrogens with one attached hydrogen (secondary N) is 2. The van der Waals surface area contributed by atoms with Crippen molar-refractivity contribution < 1.29 is 9.53 Å². The highest BCUT2D eigenvalue weighted by atomic mass is 35.5. The topological polar surface area (TPSA) is 63.2 Å². The Morgan fingerprint density at radius 1 is 1.11 bits per heavy atom. The van der Waals surface area contributed by atoms with Crippen molar-refractivity contribution in [2.45, 2.75) is 13.3 Å². The Balaban J connectivity index is 1.61. The molecule has 2 aromatic carbocycles. The van der Waals surface area contributed by atoms with E-state index in [1.54, 1.807) is 18.2 Å². The molecular formula is C19H17Cl2N3O2S. The van der Waals surface area contributed by atoms with Crippen LogP contribution in [0.3, 0.4) is 0 Å². The molecule has 1 aromatic heterocycles. The van der Waals surface area contributed by atoms with Crippen molar-refractivity contribution >= 4 is 51.4 Å². The molecule has 2 N–H and O–H groups in total. The summed E-state index contributed by atoms with van der Waals surface area (Å²) in [4.78, 5) is 16.6. The quantitative estimate of drug-likeness (QED) is 0.474. The molecule has 8 heteroatoms. The van der Waals surface area contributed by atoms with Crippen LogP contribution in [0.1, 0.15) is 13.3 Å². The summed E-state index contributed by atoms with van der Waals surface area (Å²) in [6.45, 7) is 2.76. The van der Waals surface area contributed by atoms with E-state index in [2.05, 4.69) is 22.5 Å². The Kier molecular flexibility index (Phi) is 6.55. The Hall–Kier alpha value is -2.28. The second-order valence-corrected chi connectivity index (χ2v) is 7.29. The highest BCUT2D eigenvalue weighted by Crippen LogP contribution is 2.27. The molecule has 0 radical (unpaired) electrons. The Morgan fingerprint density at radius 3 is 2.59 bits per heavy atom. The largest absolute Gasteiger partial charge is 0.494 e. The minimum absolute atomic E-state index is 0.373. The van der Waals surface area contributed by atoms with Gasteiger partial charge in [0.1, 0.15) is 5.75 Å². The van der Waals surface area contributed by atoms with Crippen LogP contribution in [-0.4, -0.2) is 17.6 Å². The van der Waals surface area contributed by atoms with E-state index < -0.39 is 6.03 Å². The number of carbonyl (C=O) groups excluding carboxylic acids is 1. The third kappa shape index (κ3) is 5.35. The first-order valence-electron chi connectivity index (χ1n) is 8.27. The predicted octanol–water partition coefficient (Wildman–Crippen LogP) is 6.55. The van der Waals surface area contributed by atoms with Crippen LogP contribution >= 0.6 is 34.5 Å². The maximum Gasteiger partial charge on any atom is 0.325 e. The lowest BCUT2D eigenvalue weighted by Gasteiger charge is -2.06. The fourth-order valence-electron chi connectivity index (χ4n) is 2.24. The fraction of sp³-hybridized carbons (Fsp3) is 0.158. The molecule has 0 bridgehead atoms. The van der Waals surface area contributed by atoms with E-state index in [9.17, 15) is 4.79 Å². The highest BCUT2D eigenvalue weighted by Gasteiger charge is 2.09. The van der Waals surface area contributed by atoms with E-state index in [4.69, 9.17) is 27.9 Å². The molecule has 5 nitrogen and oxygen atoms in total. The molecule has 0 saturated heterocycles. The van der Waals surface area contributed by atoms with Crippen LogP contribution in [0.25, 0.3) is 11.3 Å². The molecule has 1 heterocycles. The van der Waals surface area contributed by atoms with Gasteiger partial charge in [0.05, 0.1) is 22.3 Å². The predicted molar refractivity (Wildman–Crippen MR) is 112 cm³/mol. The minimum atomic E-state index is -0.405. The lowest BCUT2D eigenvalue weighted by atomic mass is 10.2. The third-order valence-corrected chi connectivity index (χ3v) is 5.02. The van der Waals surface area contributed by atoms with Gasteiger partial charge in [0.15, 0.2) is 5.13 Å². The summed E-state index contributed by atoms with van der Waals surface area (Å²) in [6.07, 6.45) is 0.965. The van der Waals surface area contributed by atoms with Gasteiger partial charge in [-0.05, 0) is 48.9 Å². The summed E-state index contributed by atoms with van der Waals surface area (Å²) in [6, 6.07) is 12.2. The van der Waals surface area contributed by atoms with Crippen LogP contribution < -0.4 is 15.4 Å². The summed E-state index contributed by atoms with van der Waals surface area (Å²) < 4.78 is 5.58. The zero-order chi connectivity index (χ0) is 19.2. The molecule has 0 aliphatic carbocycles. The number of thiazole rings is 1. The van der Waals surface area contributed by atoms with E-state index in [0.29, 0.717) is 27.5 Å². The average molecular weight is 422 g/mol. The molecule has 0 saturated carbocycles. The van der Waals surface area contributed by atoms with Gasteiger partial charge in [-0.3, -0.25) is 5.32 Å². The lowest BCUT2D eigenvalue weighted by molar-refractivity contribution is 0.262. The maximum atomic E-state index is 12.1. The summed E-state index contributed by atoms with van der Waals surface area (Å²) in [5.41, 5.74) is 2.28. The Labute approximate surface area is 171 Å². The number of hydrogen-bond acceptors (Lipinski definition) is 4. The van der Waals surface area contributed by atoms with E-state index in [-0.39, 0.29) is 0 Å². The number of benzene rings is 2. The SMILES string of the molecule is CCCOc1ccc(-c2csc(NC(=O)Nc3ccc(Cl)c(Cl)c3)n2)cc1. The van der Waals surface area contributed by atoms with Crippen molar-refractivity contribution in [2.24, 2.45) is 0 Å². The highest BCUT2D eigenvalue weighted by molar-refractivity contribution is 7.14. The molecule has 2 amide bonds. The fourth-order valence-corrected chi connectivity index (χ4v) is 3.25.